The molecule has 1 aromatic carbocycles. The Morgan fingerprint density at radius 1 is 1.36 bits per heavy atom. The number of ether oxygens (including phenoxy) is 1. The zero-order valence-corrected chi connectivity index (χ0v) is 15.5. The van der Waals surface area contributed by atoms with E-state index in [0.29, 0.717) is 25.0 Å². The molecule has 1 aliphatic heterocycles. The van der Waals surface area contributed by atoms with Gasteiger partial charge in [0.05, 0.1) is 12.0 Å². The van der Waals surface area contributed by atoms with Crippen molar-refractivity contribution in [2.75, 3.05) is 13.7 Å². The number of unbranched alkanes of at least 4 members (excludes halogenated alkanes) is 1. The number of carbonyl (C=O) groups is 1. The predicted molar refractivity (Wildman–Crippen MR) is 92.9 cm³/mol. The van der Waals surface area contributed by atoms with Gasteiger partial charge in [-0.05, 0) is 43.5 Å². The number of methoxy groups -OCH3 is 1. The molecule has 0 aromatic heterocycles. The summed E-state index contributed by atoms with van der Waals surface area (Å²) in [6.45, 7) is 2.31. The topological polar surface area (TPSA) is 95.9 Å². The fourth-order valence-electron chi connectivity index (χ4n) is 3.26. The van der Waals surface area contributed by atoms with Gasteiger partial charge in [-0.1, -0.05) is 19.8 Å². The van der Waals surface area contributed by atoms with Crippen LogP contribution in [-0.4, -0.2) is 43.5 Å². The van der Waals surface area contributed by atoms with E-state index in [1.165, 1.54) is 23.5 Å². The summed E-state index contributed by atoms with van der Waals surface area (Å²) in [5, 5.41) is 8.86. The molecule has 1 amide bonds. The molecule has 1 saturated heterocycles. The number of sulfonamides is 1. The SMILES string of the molecule is CCCCC1CC(C(=O)NO)CCN1S(=O)(=O)c1ccc(OC)cc1. The molecule has 1 fully saturated rings. The van der Waals surface area contributed by atoms with Gasteiger partial charge in [-0.15, -0.1) is 0 Å². The minimum atomic E-state index is -3.64. The predicted octanol–water partition coefficient (Wildman–Crippen LogP) is 2.16. The largest absolute Gasteiger partial charge is 0.497 e. The van der Waals surface area contributed by atoms with Crippen LogP contribution >= 0.6 is 0 Å². The van der Waals surface area contributed by atoms with Gasteiger partial charge >= 0.3 is 0 Å². The van der Waals surface area contributed by atoms with E-state index in [4.69, 9.17) is 9.94 Å². The summed E-state index contributed by atoms with van der Waals surface area (Å²) in [6, 6.07) is 6.08. The van der Waals surface area contributed by atoms with Crippen molar-refractivity contribution in [3.63, 3.8) is 0 Å². The fourth-order valence-corrected chi connectivity index (χ4v) is 4.94. The van der Waals surface area contributed by atoms with Crippen LogP contribution < -0.4 is 10.2 Å². The van der Waals surface area contributed by atoms with Gasteiger partial charge in [0.15, 0.2) is 0 Å². The van der Waals surface area contributed by atoms with Crippen molar-refractivity contribution in [1.82, 2.24) is 9.79 Å². The van der Waals surface area contributed by atoms with Gasteiger partial charge in [-0.3, -0.25) is 10.0 Å². The van der Waals surface area contributed by atoms with Gasteiger partial charge < -0.3 is 4.74 Å². The Bertz CT molecular complexity index is 675. The molecule has 140 valence electrons. The Morgan fingerprint density at radius 2 is 2.04 bits per heavy atom. The molecule has 25 heavy (non-hydrogen) atoms. The molecule has 2 rings (SSSR count). The third-order valence-corrected chi connectivity index (χ3v) is 6.67. The normalized spacial score (nSPS) is 21.7. The lowest BCUT2D eigenvalue weighted by atomic mass is 9.89. The van der Waals surface area contributed by atoms with E-state index in [-0.39, 0.29) is 23.4 Å². The van der Waals surface area contributed by atoms with Gasteiger partial charge in [-0.25, -0.2) is 13.9 Å². The number of hydrogen-bond donors (Lipinski definition) is 2. The van der Waals surface area contributed by atoms with Crippen LogP contribution in [-0.2, 0) is 14.8 Å². The van der Waals surface area contributed by atoms with Crippen LogP contribution in [0.25, 0.3) is 0 Å². The second-order valence-electron chi connectivity index (χ2n) is 6.28. The van der Waals surface area contributed by atoms with E-state index in [9.17, 15) is 13.2 Å². The lowest BCUT2D eigenvalue weighted by Crippen LogP contribution is -2.48. The van der Waals surface area contributed by atoms with Crippen molar-refractivity contribution in [3.05, 3.63) is 24.3 Å². The number of carbonyl (C=O) groups excluding carboxylic acids is 1. The molecule has 2 N–H and O–H groups in total. The Labute approximate surface area is 149 Å². The number of nitrogens with zero attached hydrogens (tertiary/aromatic N) is 1. The highest BCUT2D eigenvalue weighted by molar-refractivity contribution is 7.89. The van der Waals surface area contributed by atoms with Crippen LogP contribution in [0.5, 0.6) is 5.75 Å². The van der Waals surface area contributed by atoms with E-state index in [2.05, 4.69) is 0 Å². The van der Waals surface area contributed by atoms with Crippen LogP contribution in [0.15, 0.2) is 29.2 Å². The van der Waals surface area contributed by atoms with Gasteiger partial charge in [0.1, 0.15) is 5.75 Å². The Kier molecular flexibility index (Phi) is 6.80. The maximum atomic E-state index is 13.0. The van der Waals surface area contributed by atoms with Crippen LogP contribution in [0.1, 0.15) is 39.0 Å². The third kappa shape index (κ3) is 4.50. The van der Waals surface area contributed by atoms with Crippen LogP contribution in [0, 0.1) is 5.92 Å². The fraction of sp³-hybridized carbons (Fsp3) is 0.588. The summed E-state index contributed by atoms with van der Waals surface area (Å²) in [4.78, 5) is 12.0. The van der Waals surface area contributed by atoms with Crippen LogP contribution in [0.4, 0.5) is 0 Å². The number of rotatable bonds is 7. The molecule has 0 saturated carbocycles. The standard InChI is InChI=1S/C17H26N2O5S/c1-3-4-5-14-12-13(17(20)18-21)10-11-19(14)25(22,23)16-8-6-15(24-2)7-9-16/h6-9,13-14,21H,3-5,10-12H2,1-2H3,(H,18,20). The summed E-state index contributed by atoms with van der Waals surface area (Å²) in [5.74, 6) is -0.211. The second kappa shape index (κ2) is 8.64. The number of hydroxylamine groups is 1. The van der Waals surface area contributed by atoms with Crippen LogP contribution in [0.3, 0.4) is 0 Å². The molecule has 7 nitrogen and oxygen atoms in total. The lowest BCUT2D eigenvalue weighted by molar-refractivity contribution is -0.135. The van der Waals surface area contributed by atoms with Crippen molar-refractivity contribution in [1.29, 1.82) is 0 Å². The van der Waals surface area contributed by atoms with Crippen molar-refractivity contribution in [3.8, 4) is 5.75 Å². The first kappa shape index (κ1) is 19.7. The van der Waals surface area contributed by atoms with E-state index in [1.54, 1.807) is 17.6 Å². The molecule has 8 heteroatoms. The van der Waals surface area contributed by atoms with E-state index in [0.717, 1.165) is 12.8 Å². The van der Waals surface area contributed by atoms with Crippen molar-refractivity contribution < 1.29 is 23.2 Å². The van der Waals surface area contributed by atoms with E-state index < -0.39 is 15.9 Å². The molecule has 2 atom stereocenters. The summed E-state index contributed by atoms with van der Waals surface area (Å²) in [7, 11) is -2.11. The summed E-state index contributed by atoms with van der Waals surface area (Å²) < 4.78 is 32.7. The number of benzene rings is 1. The van der Waals surface area contributed by atoms with Crippen molar-refractivity contribution in [2.24, 2.45) is 5.92 Å². The van der Waals surface area contributed by atoms with Crippen LogP contribution in [0.2, 0.25) is 0 Å². The minimum Gasteiger partial charge on any atom is -0.497 e. The number of nitrogens with one attached hydrogen (secondary N) is 1. The van der Waals surface area contributed by atoms with Gasteiger partial charge in [0.2, 0.25) is 15.9 Å². The van der Waals surface area contributed by atoms with Gasteiger partial charge in [0, 0.05) is 18.5 Å². The summed E-state index contributed by atoms with van der Waals surface area (Å²) >= 11 is 0. The Morgan fingerprint density at radius 3 is 2.60 bits per heavy atom. The molecule has 1 aliphatic rings. The maximum absolute atomic E-state index is 13.0. The Balaban J connectivity index is 2.24. The molecule has 0 spiro atoms. The zero-order chi connectivity index (χ0) is 18.4. The summed E-state index contributed by atoms with van der Waals surface area (Å²) in [5.41, 5.74) is 1.69. The first-order chi connectivity index (χ1) is 11.9. The third-order valence-electron chi connectivity index (χ3n) is 4.70. The molecule has 1 aromatic rings. The Hall–Kier alpha value is -1.64. The maximum Gasteiger partial charge on any atom is 0.246 e. The molecule has 0 aliphatic carbocycles. The average Bonchev–Trinajstić information content (AvgIpc) is 2.65. The zero-order valence-electron chi connectivity index (χ0n) is 14.6. The summed E-state index contributed by atoms with van der Waals surface area (Å²) in [6.07, 6.45) is 3.34. The smallest absolute Gasteiger partial charge is 0.246 e. The average molecular weight is 370 g/mol. The molecule has 2 unspecified atom stereocenters. The quantitative estimate of drug-likeness (QED) is 0.566. The molecule has 0 radical (unpaired) electrons. The monoisotopic (exact) mass is 370 g/mol. The van der Waals surface area contributed by atoms with E-state index in [1.807, 2.05) is 6.92 Å². The van der Waals surface area contributed by atoms with Crippen molar-refractivity contribution >= 4 is 15.9 Å². The molecule has 1 heterocycles. The first-order valence-corrected chi connectivity index (χ1v) is 9.97. The van der Waals surface area contributed by atoms with Gasteiger partial charge in [0.25, 0.3) is 0 Å². The molecular weight excluding hydrogens is 344 g/mol. The highest BCUT2D eigenvalue weighted by atomic mass is 32.2. The number of amides is 1. The highest BCUT2D eigenvalue weighted by Crippen LogP contribution is 2.31. The number of hydrogen-bond acceptors (Lipinski definition) is 5. The highest BCUT2D eigenvalue weighted by Gasteiger charge is 2.38. The minimum absolute atomic E-state index is 0.222. The first-order valence-electron chi connectivity index (χ1n) is 8.53. The lowest BCUT2D eigenvalue weighted by Gasteiger charge is -2.38. The molecular formula is C17H26N2O5S. The second-order valence-corrected chi connectivity index (χ2v) is 8.18. The van der Waals surface area contributed by atoms with E-state index >= 15 is 0 Å². The molecule has 0 bridgehead atoms. The van der Waals surface area contributed by atoms with Gasteiger partial charge in [-0.2, -0.15) is 4.31 Å². The van der Waals surface area contributed by atoms with Crippen molar-refractivity contribution in [2.45, 2.75) is 50.0 Å². The number of piperidine rings is 1.